The van der Waals surface area contributed by atoms with Crippen LogP contribution >= 0.6 is 0 Å². The summed E-state index contributed by atoms with van der Waals surface area (Å²) in [5.74, 6) is -0.837. The molecule has 1 atom stereocenters. The summed E-state index contributed by atoms with van der Waals surface area (Å²) in [6.45, 7) is 4.17. The molecule has 0 aliphatic heterocycles. The Morgan fingerprint density at radius 3 is 2.31 bits per heavy atom. The van der Waals surface area contributed by atoms with Crippen LogP contribution in [-0.2, 0) is 4.79 Å². The summed E-state index contributed by atoms with van der Waals surface area (Å²) in [5.41, 5.74) is 1.54. The third-order valence-electron chi connectivity index (χ3n) is 2.56. The summed E-state index contributed by atoms with van der Waals surface area (Å²) in [6.07, 6.45) is -1.96. The van der Waals surface area contributed by atoms with Crippen molar-refractivity contribution in [3.8, 4) is 0 Å². The number of hydrogen-bond acceptors (Lipinski definition) is 1. The lowest BCUT2D eigenvalue weighted by atomic mass is 9.99. The van der Waals surface area contributed by atoms with Crippen LogP contribution in [0.5, 0.6) is 0 Å². The molecule has 2 nitrogen and oxygen atoms in total. The van der Waals surface area contributed by atoms with E-state index in [-0.39, 0.29) is 0 Å². The fourth-order valence-electron chi connectivity index (χ4n) is 1.33. The van der Waals surface area contributed by atoms with Gasteiger partial charge in [-0.05, 0) is 30.0 Å². The minimum absolute atomic E-state index is 0.400. The fourth-order valence-corrected chi connectivity index (χ4v) is 1.33. The summed E-state index contributed by atoms with van der Waals surface area (Å²) in [7, 11) is 0. The molecular formula is C12H15F2NO. The van der Waals surface area contributed by atoms with Gasteiger partial charge in [0, 0.05) is 5.69 Å². The molecular weight excluding hydrogens is 212 g/mol. The summed E-state index contributed by atoms with van der Waals surface area (Å²) in [6, 6.07) is 6.97. The smallest absolute Gasteiger partial charge is 0.315 e. The normalized spacial score (nSPS) is 12.6. The molecule has 0 aliphatic carbocycles. The molecule has 0 heterocycles. The first-order valence-corrected chi connectivity index (χ1v) is 5.23. The number of carbonyl (C=O) groups excluding carboxylic acids is 1. The third kappa shape index (κ3) is 3.29. The van der Waals surface area contributed by atoms with Crippen molar-refractivity contribution >= 4 is 11.6 Å². The van der Waals surface area contributed by atoms with Gasteiger partial charge >= 0.3 is 6.43 Å². The summed E-state index contributed by atoms with van der Waals surface area (Å²) in [5, 5.41) is 2.14. The van der Waals surface area contributed by atoms with E-state index in [1.165, 1.54) is 0 Å². The molecule has 0 aliphatic rings. The van der Waals surface area contributed by atoms with Gasteiger partial charge in [0.25, 0.3) is 5.91 Å². The van der Waals surface area contributed by atoms with Crippen molar-refractivity contribution in [2.45, 2.75) is 32.6 Å². The lowest BCUT2D eigenvalue weighted by Gasteiger charge is -2.10. The molecule has 0 bridgehead atoms. The highest BCUT2D eigenvalue weighted by Crippen LogP contribution is 2.20. The van der Waals surface area contributed by atoms with Crippen LogP contribution in [0, 0.1) is 0 Å². The molecule has 0 fully saturated rings. The van der Waals surface area contributed by atoms with Crippen molar-refractivity contribution in [3.63, 3.8) is 0 Å². The predicted molar refractivity (Wildman–Crippen MR) is 59.8 cm³/mol. The Bertz CT molecular complexity index is 349. The van der Waals surface area contributed by atoms with Crippen LogP contribution in [0.15, 0.2) is 24.3 Å². The second-order valence-corrected chi connectivity index (χ2v) is 3.72. The number of alkyl halides is 2. The molecule has 16 heavy (non-hydrogen) atoms. The Labute approximate surface area is 93.7 Å². The summed E-state index contributed by atoms with van der Waals surface area (Å²) in [4.78, 5) is 10.7. The van der Waals surface area contributed by atoms with Gasteiger partial charge in [-0.1, -0.05) is 26.0 Å². The van der Waals surface area contributed by atoms with Crippen LogP contribution in [-0.4, -0.2) is 12.3 Å². The molecule has 0 radical (unpaired) electrons. The van der Waals surface area contributed by atoms with Gasteiger partial charge < -0.3 is 5.32 Å². The Morgan fingerprint density at radius 1 is 1.31 bits per heavy atom. The highest BCUT2D eigenvalue weighted by Gasteiger charge is 2.14. The third-order valence-corrected chi connectivity index (χ3v) is 2.56. The van der Waals surface area contributed by atoms with E-state index < -0.39 is 12.3 Å². The quantitative estimate of drug-likeness (QED) is 0.839. The van der Waals surface area contributed by atoms with E-state index in [0.29, 0.717) is 11.6 Å². The maximum atomic E-state index is 12.0. The van der Waals surface area contributed by atoms with E-state index in [9.17, 15) is 13.6 Å². The average molecular weight is 227 g/mol. The number of nitrogens with one attached hydrogen (secondary N) is 1. The molecule has 0 saturated heterocycles. The van der Waals surface area contributed by atoms with Gasteiger partial charge in [-0.2, -0.15) is 8.78 Å². The molecule has 0 spiro atoms. The second kappa shape index (κ2) is 5.58. The monoisotopic (exact) mass is 227 g/mol. The number of amides is 1. The van der Waals surface area contributed by atoms with Crippen molar-refractivity contribution in [1.82, 2.24) is 0 Å². The molecule has 1 unspecified atom stereocenters. The number of rotatable bonds is 4. The average Bonchev–Trinajstić information content (AvgIpc) is 2.28. The van der Waals surface area contributed by atoms with Gasteiger partial charge in [0.1, 0.15) is 0 Å². The van der Waals surface area contributed by atoms with Gasteiger partial charge in [-0.3, -0.25) is 4.79 Å². The number of halogens is 2. The molecule has 88 valence electrons. The van der Waals surface area contributed by atoms with Gasteiger partial charge in [0.15, 0.2) is 0 Å². The topological polar surface area (TPSA) is 29.1 Å². The van der Waals surface area contributed by atoms with Crippen LogP contribution in [0.25, 0.3) is 0 Å². The maximum absolute atomic E-state index is 12.0. The molecule has 1 aromatic carbocycles. The predicted octanol–water partition coefficient (Wildman–Crippen LogP) is 3.40. The largest absolute Gasteiger partial charge is 0.321 e. The molecule has 4 heteroatoms. The van der Waals surface area contributed by atoms with Crippen LogP contribution < -0.4 is 5.32 Å². The highest BCUT2D eigenvalue weighted by molar-refractivity contribution is 5.93. The fraction of sp³-hybridized carbons (Fsp3) is 0.417. The Balaban J connectivity index is 2.68. The summed E-state index contributed by atoms with van der Waals surface area (Å²) >= 11 is 0. The van der Waals surface area contributed by atoms with Gasteiger partial charge in [-0.15, -0.1) is 0 Å². The van der Waals surface area contributed by atoms with Gasteiger partial charge in [0.2, 0.25) is 0 Å². The van der Waals surface area contributed by atoms with E-state index in [2.05, 4.69) is 19.2 Å². The number of anilines is 1. The van der Waals surface area contributed by atoms with Crippen LogP contribution in [0.3, 0.4) is 0 Å². The Kier molecular flexibility index (Phi) is 4.40. The van der Waals surface area contributed by atoms with Crippen LogP contribution in [0.1, 0.15) is 31.7 Å². The zero-order valence-corrected chi connectivity index (χ0v) is 9.34. The van der Waals surface area contributed by atoms with E-state index in [0.717, 1.165) is 12.0 Å². The van der Waals surface area contributed by atoms with E-state index in [1.54, 1.807) is 12.1 Å². The Hall–Kier alpha value is -1.45. The molecule has 1 N–H and O–H groups in total. The van der Waals surface area contributed by atoms with E-state index >= 15 is 0 Å². The first-order valence-electron chi connectivity index (χ1n) is 5.23. The molecule has 0 saturated carbocycles. The van der Waals surface area contributed by atoms with Crippen molar-refractivity contribution < 1.29 is 13.6 Å². The lowest BCUT2D eigenvalue weighted by Crippen LogP contribution is -2.19. The van der Waals surface area contributed by atoms with Crippen molar-refractivity contribution in [2.75, 3.05) is 5.32 Å². The first-order chi connectivity index (χ1) is 7.54. The maximum Gasteiger partial charge on any atom is 0.315 e. The highest BCUT2D eigenvalue weighted by atomic mass is 19.3. The first kappa shape index (κ1) is 12.6. The molecule has 1 amide bonds. The van der Waals surface area contributed by atoms with Crippen molar-refractivity contribution in [2.24, 2.45) is 0 Å². The zero-order chi connectivity index (χ0) is 12.1. The van der Waals surface area contributed by atoms with Crippen LogP contribution in [0.4, 0.5) is 14.5 Å². The Morgan fingerprint density at radius 2 is 1.88 bits per heavy atom. The van der Waals surface area contributed by atoms with E-state index in [4.69, 9.17) is 0 Å². The van der Waals surface area contributed by atoms with Gasteiger partial charge in [-0.25, -0.2) is 0 Å². The van der Waals surface area contributed by atoms with Gasteiger partial charge in [0.05, 0.1) is 0 Å². The molecule has 1 aromatic rings. The lowest BCUT2D eigenvalue weighted by molar-refractivity contribution is -0.126. The SMILES string of the molecule is CCC(C)c1ccc(NC(=O)C(F)F)cc1. The number of carbonyl (C=O) groups is 1. The standard InChI is InChI=1S/C12H15F2NO/c1-3-8(2)9-4-6-10(7-5-9)15-12(16)11(13)14/h4-8,11H,3H2,1-2H3,(H,15,16). The number of hydrogen-bond donors (Lipinski definition) is 1. The van der Waals surface area contributed by atoms with E-state index in [1.807, 2.05) is 12.1 Å². The molecule has 1 rings (SSSR count). The molecule has 0 aromatic heterocycles. The van der Waals surface area contributed by atoms with Crippen LogP contribution in [0.2, 0.25) is 0 Å². The minimum Gasteiger partial charge on any atom is -0.321 e. The summed E-state index contributed by atoms with van der Waals surface area (Å²) < 4.78 is 23.9. The zero-order valence-electron chi connectivity index (χ0n) is 9.34. The number of benzene rings is 1. The second-order valence-electron chi connectivity index (χ2n) is 3.72. The minimum atomic E-state index is -2.98. The van der Waals surface area contributed by atoms with Crippen molar-refractivity contribution in [3.05, 3.63) is 29.8 Å². The van der Waals surface area contributed by atoms with Crippen molar-refractivity contribution in [1.29, 1.82) is 0 Å².